The SMILES string of the molecule is CCCC(=O)Nc1n[nH]c2c([N+](=O)[O-])c(Br)c([N+](=O)[O-])cc12.CCCC(=O)Nc1n[nH]c2c([N+](=O)[O-])c(Br)ccc12.CCCC(=O)Nc1n[nH]c2cc(-c3ccccc3)ccc12.CCCC(=O)Nc1n[nH]c2cccc(I)c12. The van der Waals surface area contributed by atoms with Crippen LogP contribution in [0.1, 0.15) is 79.1 Å². The van der Waals surface area contributed by atoms with Crippen LogP contribution in [0.3, 0.4) is 0 Å². The van der Waals surface area contributed by atoms with Crippen LogP contribution in [0.4, 0.5) is 40.3 Å². The van der Waals surface area contributed by atoms with Gasteiger partial charge in [-0.1, -0.05) is 70.2 Å². The van der Waals surface area contributed by atoms with Gasteiger partial charge in [-0.25, -0.2) is 0 Å². The van der Waals surface area contributed by atoms with Crippen LogP contribution in [0.2, 0.25) is 0 Å². The Morgan fingerprint density at radius 3 is 1.53 bits per heavy atom. The standard InChI is InChI=1S/C17H17N3O.C11H10BrN5O5.C11H11BrN4O3.C11H12IN3O/c1-2-6-16(21)18-17-14-10-9-13(11-15(14)19-20-17)12-7-4-3-5-8-12;1-2-3-7(18)13-11-5-4-6(16(19)20)8(12)10(17(21)22)9(5)14-15-11;1-2-3-8(17)13-11-6-4-5-7(12)10(16(18)19)9(6)14-15-11;1-2-4-9(16)13-11-10-7(12)5-3-6-8(10)14-15-11/h3-5,7-11H,2,6H2,1H3,(H2,18,19,20,21);4H,2-3H2,1H3,(H2,13,14,15,18);4-5H,2-3H2,1H3,(H2,13,14,15,17);3,5-6H,2,4H2,1H3,(H2,13,14,15,16). The van der Waals surface area contributed by atoms with E-state index in [1.54, 1.807) is 12.1 Å². The Balaban J connectivity index is 0.000000169. The molecule has 4 aromatic heterocycles. The number of nitro groups is 3. The first-order valence-corrected chi connectivity index (χ1v) is 26.7. The first-order chi connectivity index (χ1) is 37.4. The number of H-pyrrole nitrogens is 4. The lowest BCUT2D eigenvalue weighted by molar-refractivity contribution is -0.394. The molecule has 0 saturated heterocycles. The lowest BCUT2D eigenvalue weighted by Gasteiger charge is -2.03. The Bertz CT molecular complexity index is 3680. The van der Waals surface area contributed by atoms with Crippen molar-refractivity contribution in [2.45, 2.75) is 79.1 Å². The molecule has 4 amide bonds. The van der Waals surface area contributed by atoms with Crippen molar-refractivity contribution in [1.29, 1.82) is 0 Å². The molecule has 0 radical (unpaired) electrons. The maximum Gasteiger partial charge on any atom is 0.316 e. The normalized spacial score (nSPS) is 10.7. The molecule has 406 valence electrons. The number of hydrogen-bond acceptors (Lipinski definition) is 14. The third-order valence-corrected chi connectivity index (χ3v) is 13.4. The summed E-state index contributed by atoms with van der Waals surface area (Å²) in [5, 5.41) is 73.4. The first kappa shape index (κ1) is 59.0. The van der Waals surface area contributed by atoms with Gasteiger partial charge in [-0.15, -0.1) is 0 Å². The van der Waals surface area contributed by atoms with Crippen molar-refractivity contribution in [3.63, 3.8) is 0 Å². The zero-order chi connectivity index (χ0) is 56.6. The molecule has 0 unspecified atom stereocenters. The van der Waals surface area contributed by atoms with Gasteiger partial charge in [0.15, 0.2) is 27.7 Å². The number of carbonyl (C=O) groups excluding carboxylic acids is 4. The van der Waals surface area contributed by atoms with Gasteiger partial charge >= 0.3 is 11.4 Å². The van der Waals surface area contributed by atoms with Crippen LogP contribution in [0, 0.1) is 33.9 Å². The number of nitrogens with zero attached hydrogens (tertiary/aromatic N) is 7. The summed E-state index contributed by atoms with van der Waals surface area (Å²) < 4.78 is 1.18. The number of aromatic amines is 4. The molecule has 5 aromatic carbocycles. The zero-order valence-corrected chi connectivity index (χ0v) is 47.4. The lowest BCUT2D eigenvalue weighted by Crippen LogP contribution is -2.11. The van der Waals surface area contributed by atoms with E-state index in [4.69, 9.17) is 0 Å². The number of halogens is 3. The minimum absolute atomic E-state index is 0.00182. The van der Waals surface area contributed by atoms with Crippen molar-refractivity contribution in [2.75, 3.05) is 21.3 Å². The van der Waals surface area contributed by atoms with E-state index in [0.717, 1.165) is 61.8 Å². The fourth-order valence-electron chi connectivity index (χ4n) is 7.56. The number of carbonyl (C=O) groups is 4. The second-order valence-corrected chi connectivity index (χ2v) is 19.7. The van der Waals surface area contributed by atoms with Gasteiger partial charge in [-0.3, -0.25) is 69.9 Å². The highest BCUT2D eigenvalue weighted by Crippen LogP contribution is 2.42. The molecule has 4 heterocycles. The van der Waals surface area contributed by atoms with Crippen LogP contribution in [0.5, 0.6) is 0 Å². The third-order valence-electron chi connectivity index (χ3n) is 11.1. The van der Waals surface area contributed by atoms with Gasteiger partial charge in [0.25, 0.3) is 5.69 Å². The van der Waals surface area contributed by atoms with Crippen molar-refractivity contribution in [3.8, 4) is 11.1 Å². The number of anilines is 4. The van der Waals surface area contributed by atoms with Gasteiger partial charge in [-0.2, -0.15) is 20.4 Å². The molecule has 0 saturated carbocycles. The molecule has 0 atom stereocenters. The summed E-state index contributed by atoms with van der Waals surface area (Å²) in [5.41, 5.74) is 3.34. The average Bonchev–Trinajstić information content (AvgIpc) is 4.21. The summed E-state index contributed by atoms with van der Waals surface area (Å²) in [4.78, 5) is 77.5. The number of rotatable bonds is 16. The van der Waals surface area contributed by atoms with Gasteiger partial charge in [0.1, 0.15) is 11.0 Å². The highest BCUT2D eigenvalue weighted by atomic mass is 127. The number of benzene rings is 5. The fourth-order valence-corrected chi connectivity index (χ4v) is 9.39. The minimum Gasteiger partial charge on any atom is -0.309 e. The van der Waals surface area contributed by atoms with Crippen molar-refractivity contribution >= 4 is 162 Å². The molecule has 0 aliphatic rings. The molecule has 0 spiro atoms. The molecule has 28 heteroatoms. The highest BCUT2D eigenvalue weighted by Gasteiger charge is 2.30. The summed E-state index contributed by atoms with van der Waals surface area (Å²) in [6.07, 6.45) is 4.66. The van der Waals surface area contributed by atoms with E-state index in [2.05, 4.69) is 129 Å². The topological polar surface area (TPSA) is 361 Å². The molecule has 25 nitrogen and oxygen atoms in total. The van der Waals surface area contributed by atoms with Gasteiger partial charge in [0, 0.05) is 40.7 Å². The summed E-state index contributed by atoms with van der Waals surface area (Å²) in [6, 6.07) is 26.5. The van der Waals surface area contributed by atoms with E-state index in [-0.39, 0.29) is 62.4 Å². The predicted octanol–water partition coefficient (Wildman–Crippen LogP) is 12.7. The fraction of sp³-hybridized carbons (Fsp3) is 0.240. The summed E-state index contributed by atoms with van der Waals surface area (Å²) in [5.74, 6) is 1.07. The van der Waals surface area contributed by atoms with E-state index < -0.39 is 26.1 Å². The maximum absolute atomic E-state index is 11.7. The Hall–Kier alpha value is -8.25. The average molecular weight is 1310 g/mol. The van der Waals surface area contributed by atoms with Crippen molar-refractivity contribution in [1.82, 2.24) is 40.8 Å². The number of nitrogens with one attached hydrogen (secondary N) is 8. The number of nitro benzene ring substituents is 3. The summed E-state index contributed by atoms with van der Waals surface area (Å²) >= 11 is 8.23. The first-order valence-electron chi connectivity index (χ1n) is 24.1. The Kier molecular flexibility index (Phi) is 20.9. The molecule has 9 aromatic rings. The zero-order valence-electron chi connectivity index (χ0n) is 42.1. The molecule has 0 aliphatic carbocycles. The third kappa shape index (κ3) is 14.6. The van der Waals surface area contributed by atoms with E-state index in [1.165, 1.54) is 0 Å². The highest BCUT2D eigenvalue weighted by molar-refractivity contribution is 14.1. The van der Waals surface area contributed by atoms with Gasteiger partial charge in [0.2, 0.25) is 23.6 Å². The van der Waals surface area contributed by atoms with Crippen LogP contribution in [0.15, 0.2) is 93.9 Å². The molecule has 0 fully saturated rings. The van der Waals surface area contributed by atoms with Gasteiger partial charge in [0.05, 0.1) is 46.4 Å². The van der Waals surface area contributed by atoms with Crippen molar-refractivity contribution in [3.05, 3.63) is 128 Å². The smallest absolute Gasteiger partial charge is 0.309 e. The van der Waals surface area contributed by atoms with Gasteiger partial charge in [-0.05, 0) is 128 Å². The van der Waals surface area contributed by atoms with E-state index in [9.17, 15) is 49.5 Å². The van der Waals surface area contributed by atoms with Crippen LogP contribution >= 0.6 is 54.5 Å². The van der Waals surface area contributed by atoms with Crippen molar-refractivity contribution < 1.29 is 33.9 Å². The number of aromatic nitrogens is 8. The van der Waals surface area contributed by atoms with E-state index in [1.807, 2.05) is 82.3 Å². The molecular formula is C50H50Br2IN15O10. The maximum atomic E-state index is 11.7. The molecule has 8 N–H and O–H groups in total. The number of hydrogen-bond donors (Lipinski definition) is 8. The van der Waals surface area contributed by atoms with Crippen LogP contribution in [-0.2, 0) is 19.2 Å². The monoisotopic (exact) mass is 1310 g/mol. The minimum atomic E-state index is -0.755. The predicted molar refractivity (Wildman–Crippen MR) is 312 cm³/mol. The van der Waals surface area contributed by atoms with E-state index in [0.29, 0.717) is 53.0 Å². The molecule has 78 heavy (non-hydrogen) atoms. The van der Waals surface area contributed by atoms with Crippen LogP contribution < -0.4 is 21.3 Å². The molecule has 0 bridgehead atoms. The van der Waals surface area contributed by atoms with Crippen LogP contribution in [0.25, 0.3) is 54.7 Å². The number of fused-ring (bicyclic) bond motifs is 4. The summed E-state index contributed by atoms with van der Waals surface area (Å²) in [7, 11) is 0. The van der Waals surface area contributed by atoms with Crippen LogP contribution in [-0.4, -0.2) is 79.2 Å². The molecule has 9 rings (SSSR count). The molecular weight excluding hydrogens is 1260 g/mol. The second kappa shape index (κ2) is 27.7. The second-order valence-electron chi connectivity index (χ2n) is 16.8. The molecule has 0 aliphatic heterocycles. The number of amides is 4. The van der Waals surface area contributed by atoms with Crippen molar-refractivity contribution in [2.24, 2.45) is 0 Å². The quantitative estimate of drug-likeness (QED) is 0.0253. The van der Waals surface area contributed by atoms with Gasteiger partial charge < -0.3 is 21.3 Å². The largest absolute Gasteiger partial charge is 0.316 e. The summed E-state index contributed by atoms with van der Waals surface area (Å²) in [6.45, 7) is 7.67. The Morgan fingerprint density at radius 1 is 0.513 bits per heavy atom. The Labute approximate surface area is 473 Å². The lowest BCUT2D eigenvalue weighted by atomic mass is 10.0. The van der Waals surface area contributed by atoms with E-state index >= 15 is 0 Å². The Morgan fingerprint density at radius 2 is 0.987 bits per heavy atom.